The fourth-order valence-electron chi connectivity index (χ4n) is 1.55. The molecule has 0 radical (unpaired) electrons. The average Bonchev–Trinajstić information content (AvgIpc) is 2.81. The van der Waals surface area contributed by atoms with Gasteiger partial charge in [-0.2, -0.15) is 5.10 Å². The number of non-ortho nitro benzene ring substituents is 1. The number of benzene rings is 1. The minimum atomic E-state index is -0.470. The van der Waals surface area contributed by atoms with Crippen molar-refractivity contribution in [1.82, 2.24) is 20.3 Å². The Morgan fingerprint density at radius 2 is 2.25 bits per heavy atom. The standard InChI is InChI=1S/C10H12N8O2/c1-16(2)9-4-3-8(18(19)20)5-7(9)6-12-17-10(11)13-14-15-17/h3-6H,1-2H3,(H2,11,13,15)/b12-6+. The minimum Gasteiger partial charge on any atom is -0.377 e. The normalized spacial score (nSPS) is 10.9. The Kier molecular flexibility index (Phi) is 3.55. The van der Waals surface area contributed by atoms with Crippen molar-refractivity contribution in [2.75, 3.05) is 24.7 Å². The molecule has 0 amide bonds. The van der Waals surface area contributed by atoms with E-state index in [9.17, 15) is 10.1 Å². The number of aromatic nitrogens is 4. The Bertz CT molecular complexity index is 663. The Balaban J connectivity index is 2.42. The number of nitro benzene ring substituents is 1. The number of tetrazole rings is 1. The molecule has 0 aliphatic carbocycles. The molecule has 2 rings (SSSR count). The maximum Gasteiger partial charge on any atom is 0.270 e. The number of rotatable bonds is 4. The van der Waals surface area contributed by atoms with Gasteiger partial charge in [-0.1, -0.05) is 9.89 Å². The third-order valence-corrected chi connectivity index (χ3v) is 2.49. The van der Waals surface area contributed by atoms with E-state index in [1.165, 1.54) is 18.3 Å². The fourth-order valence-corrected chi connectivity index (χ4v) is 1.55. The highest BCUT2D eigenvalue weighted by Crippen LogP contribution is 2.22. The van der Waals surface area contributed by atoms with Gasteiger partial charge in [0.1, 0.15) is 0 Å². The van der Waals surface area contributed by atoms with Gasteiger partial charge in [-0.3, -0.25) is 10.1 Å². The van der Waals surface area contributed by atoms with Crippen molar-refractivity contribution in [3.8, 4) is 0 Å². The van der Waals surface area contributed by atoms with Gasteiger partial charge in [-0.25, -0.2) is 0 Å². The first-order valence-electron chi connectivity index (χ1n) is 5.53. The van der Waals surface area contributed by atoms with Crippen molar-refractivity contribution < 1.29 is 4.92 Å². The van der Waals surface area contributed by atoms with Crippen LogP contribution in [-0.2, 0) is 0 Å². The van der Waals surface area contributed by atoms with Crippen molar-refractivity contribution in [1.29, 1.82) is 0 Å². The first kappa shape index (κ1) is 13.4. The molecule has 0 saturated heterocycles. The first-order chi connectivity index (χ1) is 9.49. The number of nitro groups is 1. The molecule has 1 heterocycles. The van der Waals surface area contributed by atoms with Crippen molar-refractivity contribution in [3.63, 3.8) is 0 Å². The number of anilines is 2. The molecule has 0 saturated carbocycles. The summed E-state index contributed by atoms with van der Waals surface area (Å²) in [6, 6.07) is 4.49. The largest absolute Gasteiger partial charge is 0.377 e. The molecule has 0 unspecified atom stereocenters. The predicted octanol–water partition coefficient (Wildman–Crippen LogP) is 0.112. The molecular weight excluding hydrogens is 264 g/mol. The smallest absolute Gasteiger partial charge is 0.270 e. The second-order valence-electron chi connectivity index (χ2n) is 4.07. The maximum absolute atomic E-state index is 10.8. The Hall–Kier alpha value is -3.04. The zero-order valence-electron chi connectivity index (χ0n) is 10.8. The van der Waals surface area contributed by atoms with Gasteiger partial charge < -0.3 is 10.6 Å². The Labute approximate surface area is 113 Å². The lowest BCUT2D eigenvalue weighted by molar-refractivity contribution is -0.384. The van der Waals surface area contributed by atoms with Crippen molar-refractivity contribution in [3.05, 3.63) is 33.9 Å². The lowest BCUT2D eigenvalue weighted by atomic mass is 10.1. The van der Waals surface area contributed by atoms with Gasteiger partial charge in [0.2, 0.25) is 0 Å². The summed E-state index contributed by atoms with van der Waals surface area (Å²) in [5, 5.41) is 25.1. The summed E-state index contributed by atoms with van der Waals surface area (Å²) in [6.45, 7) is 0. The van der Waals surface area contributed by atoms with Crippen molar-refractivity contribution >= 4 is 23.5 Å². The molecule has 0 aliphatic heterocycles. The van der Waals surface area contributed by atoms with Gasteiger partial charge in [0.15, 0.2) is 0 Å². The SMILES string of the molecule is CN(C)c1ccc([N+](=O)[O-])cc1/C=N/n1nnnc1N. The quantitative estimate of drug-likeness (QED) is 0.476. The summed E-state index contributed by atoms with van der Waals surface area (Å²) in [7, 11) is 3.65. The Morgan fingerprint density at radius 1 is 1.50 bits per heavy atom. The molecule has 104 valence electrons. The van der Waals surface area contributed by atoms with Crippen LogP contribution in [0.5, 0.6) is 0 Å². The van der Waals surface area contributed by atoms with Gasteiger partial charge in [0.25, 0.3) is 11.6 Å². The van der Waals surface area contributed by atoms with Gasteiger partial charge in [0.05, 0.1) is 11.1 Å². The fraction of sp³-hybridized carbons (Fsp3) is 0.200. The Morgan fingerprint density at radius 3 is 2.80 bits per heavy atom. The molecule has 0 aliphatic rings. The summed E-state index contributed by atoms with van der Waals surface area (Å²) in [6.07, 6.45) is 1.41. The van der Waals surface area contributed by atoms with Crippen molar-refractivity contribution in [2.24, 2.45) is 5.10 Å². The third kappa shape index (κ3) is 2.68. The van der Waals surface area contributed by atoms with Crippen LogP contribution in [-0.4, -0.2) is 45.5 Å². The lowest BCUT2D eigenvalue weighted by Gasteiger charge is -2.14. The molecule has 1 aromatic heterocycles. The van der Waals surface area contributed by atoms with E-state index in [2.05, 4.69) is 20.6 Å². The number of nitrogens with zero attached hydrogens (tertiary/aromatic N) is 7. The van der Waals surface area contributed by atoms with Gasteiger partial charge in [-0.15, -0.1) is 0 Å². The number of hydrogen-bond donors (Lipinski definition) is 1. The van der Waals surface area contributed by atoms with Crippen LogP contribution in [0.1, 0.15) is 5.56 Å². The van der Waals surface area contributed by atoms with Crippen LogP contribution in [0.2, 0.25) is 0 Å². The molecule has 2 aromatic rings. The first-order valence-corrected chi connectivity index (χ1v) is 5.53. The van der Waals surface area contributed by atoms with E-state index in [1.807, 2.05) is 19.0 Å². The monoisotopic (exact) mass is 276 g/mol. The maximum atomic E-state index is 10.8. The van der Waals surface area contributed by atoms with E-state index in [4.69, 9.17) is 5.73 Å². The van der Waals surface area contributed by atoms with E-state index in [0.29, 0.717) is 5.56 Å². The highest BCUT2D eigenvalue weighted by molar-refractivity contribution is 5.89. The second-order valence-corrected chi connectivity index (χ2v) is 4.07. The van der Waals surface area contributed by atoms with Crippen LogP contribution in [0.15, 0.2) is 23.3 Å². The molecule has 10 heteroatoms. The molecule has 2 N–H and O–H groups in total. The predicted molar refractivity (Wildman–Crippen MR) is 72.6 cm³/mol. The van der Waals surface area contributed by atoms with Gasteiger partial charge >= 0.3 is 0 Å². The summed E-state index contributed by atoms with van der Waals surface area (Å²) in [4.78, 5) is 13.2. The van der Waals surface area contributed by atoms with E-state index < -0.39 is 4.92 Å². The summed E-state index contributed by atoms with van der Waals surface area (Å²) in [5.74, 6) is 0.0260. The van der Waals surface area contributed by atoms with Crippen LogP contribution in [0.4, 0.5) is 17.3 Å². The summed E-state index contributed by atoms with van der Waals surface area (Å²) in [5.41, 5.74) is 6.77. The number of nitrogens with two attached hydrogens (primary N) is 1. The van der Waals surface area contributed by atoms with E-state index >= 15 is 0 Å². The molecule has 0 bridgehead atoms. The molecule has 0 atom stereocenters. The highest BCUT2D eigenvalue weighted by Gasteiger charge is 2.11. The van der Waals surface area contributed by atoms with Gasteiger partial charge in [-0.05, 0) is 16.5 Å². The topological polar surface area (TPSA) is 128 Å². The minimum absolute atomic E-state index is 0.0260. The molecule has 0 fully saturated rings. The highest BCUT2D eigenvalue weighted by atomic mass is 16.6. The number of hydrogen-bond acceptors (Lipinski definition) is 8. The van der Waals surface area contributed by atoms with Crippen LogP contribution in [0, 0.1) is 10.1 Å². The second kappa shape index (κ2) is 5.30. The van der Waals surface area contributed by atoms with Crippen LogP contribution < -0.4 is 10.6 Å². The zero-order chi connectivity index (χ0) is 14.7. The average molecular weight is 276 g/mol. The van der Waals surface area contributed by atoms with E-state index in [0.717, 1.165) is 10.5 Å². The van der Waals surface area contributed by atoms with Crippen molar-refractivity contribution in [2.45, 2.75) is 0 Å². The molecule has 1 aromatic carbocycles. The molecule has 0 spiro atoms. The molecule has 10 nitrogen and oxygen atoms in total. The van der Waals surface area contributed by atoms with Crippen LogP contribution in [0.3, 0.4) is 0 Å². The van der Waals surface area contributed by atoms with E-state index in [-0.39, 0.29) is 11.6 Å². The van der Waals surface area contributed by atoms with Gasteiger partial charge in [0, 0.05) is 37.5 Å². The summed E-state index contributed by atoms with van der Waals surface area (Å²) < 4.78 is 0. The number of nitrogen functional groups attached to an aromatic ring is 1. The molecule has 20 heavy (non-hydrogen) atoms. The lowest BCUT2D eigenvalue weighted by Crippen LogP contribution is -2.11. The summed E-state index contributed by atoms with van der Waals surface area (Å²) >= 11 is 0. The van der Waals surface area contributed by atoms with Crippen LogP contribution in [0.25, 0.3) is 0 Å². The molecular formula is C10H12N8O2. The zero-order valence-corrected chi connectivity index (χ0v) is 10.8. The third-order valence-electron chi connectivity index (χ3n) is 2.49. The van der Waals surface area contributed by atoms with Crippen LogP contribution >= 0.6 is 0 Å². The van der Waals surface area contributed by atoms with E-state index in [1.54, 1.807) is 6.07 Å².